The molecular weight excluding hydrogens is 226 g/mol. The highest BCUT2D eigenvalue weighted by molar-refractivity contribution is 5.59. The third-order valence-corrected chi connectivity index (χ3v) is 2.64. The average Bonchev–Trinajstić information content (AvgIpc) is 2.86. The van der Waals surface area contributed by atoms with E-state index in [1.54, 1.807) is 0 Å². The Bertz CT molecular complexity index is 476. The highest BCUT2D eigenvalue weighted by Gasteiger charge is 2.02. The number of rotatable bonds is 6. The maximum Gasteiger partial charge on any atom is 0.119 e. The van der Waals surface area contributed by atoms with Crippen LogP contribution in [-0.2, 0) is 6.54 Å². The van der Waals surface area contributed by atoms with E-state index in [1.807, 2.05) is 41.4 Å². The third kappa shape index (κ3) is 3.11. The Morgan fingerprint density at radius 1 is 1.28 bits per heavy atom. The Morgan fingerprint density at radius 2 is 2.06 bits per heavy atom. The Kier molecular flexibility index (Phi) is 4.36. The molecule has 96 valence electrons. The van der Waals surface area contributed by atoms with E-state index in [4.69, 9.17) is 10.5 Å². The van der Waals surface area contributed by atoms with Gasteiger partial charge in [-0.1, -0.05) is 6.92 Å². The average molecular weight is 245 g/mol. The summed E-state index contributed by atoms with van der Waals surface area (Å²) in [4.78, 5) is 4.36. The highest BCUT2D eigenvalue weighted by atomic mass is 16.5. The lowest BCUT2D eigenvalue weighted by atomic mass is 10.1. The number of hydrogen-bond acceptors (Lipinski definition) is 3. The second-order valence-electron chi connectivity index (χ2n) is 4.16. The molecule has 0 amide bonds. The van der Waals surface area contributed by atoms with Crippen molar-refractivity contribution in [2.24, 2.45) is 5.73 Å². The van der Waals surface area contributed by atoms with Crippen LogP contribution < -0.4 is 10.5 Å². The molecule has 0 spiro atoms. The first-order chi connectivity index (χ1) is 8.83. The maximum atomic E-state index is 5.55. The van der Waals surface area contributed by atoms with Gasteiger partial charge in [0.15, 0.2) is 0 Å². The van der Waals surface area contributed by atoms with Crippen LogP contribution in [0.4, 0.5) is 0 Å². The molecule has 18 heavy (non-hydrogen) atoms. The topological polar surface area (TPSA) is 53.1 Å². The first-order valence-corrected chi connectivity index (χ1v) is 6.28. The van der Waals surface area contributed by atoms with Crippen molar-refractivity contribution in [2.75, 3.05) is 13.2 Å². The third-order valence-electron chi connectivity index (χ3n) is 2.64. The van der Waals surface area contributed by atoms with E-state index in [0.29, 0.717) is 6.54 Å². The van der Waals surface area contributed by atoms with E-state index in [0.717, 1.165) is 36.6 Å². The van der Waals surface area contributed by atoms with Gasteiger partial charge in [0.05, 0.1) is 18.6 Å². The number of hydrogen-bond donors (Lipinski definition) is 1. The predicted molar refractivity (Wildman–Crippen MR) is 72.5 cm³/mol. The molecule has 2 aromatic rings. The van der Waals surface area contributed by atoms with Crippen molar-refractivity contribution in [1.29, 1.82) is 0 Å². The lowest BCUT2D eigenvalue weighted by Gasteiger charge is -2.04. The molecule has 0 aliphatic carbocycles. The van der Waals surface area contributed by atoms with E-state index < -0.39 is 0 Å². The van der Waals surface area contributed by atoms with Crippen LogP contribution >= 0.6 is 0 Å². The normalized spacial score (nSPS) is 10.6. The largest absolute Gasteiger partial charge is 0.494 e. The molecule has 2 N–H and O–H groups in total. The van der Waals surface area contributed by atoms with Crippen molar-refractivity contribution in [1.82, 2.24) is 9.55 Å². The van der Waals surface area contributed by atoms with Crippen LogP contribution in [0.1, 0.15) is 13.3 Å². The van der Waals surface area contributed by atoms with Gasteiger partial charge in [0.25, 0.3) is 0 Å². The second kappa shape index (κ2) is 6.21. The van der Waals surface area contributed by atoms with Gasteiger partial charge in [0.1, 0.15) is 5.75 Å². The molecule has 1 heterocycles. The number of aromatic nitrogens is 2. The van der Waals surface area contributed by atoms with E-state index >= 15 is 0 Å². The quantitative estimate of drug-likeness (QED) is 0.849. The molecule has 4 nitrogen and oxygen atoms in total. The minimum Gasteiger partial charge on any atom is -0.494 e. The summed E-state index contributed by atoms with van der Waals surface area (Å²) in [6.45, 7) is 4.27. The van der Waals surface area contributed by atoms with Gasteiger partial charge in [0.2, 0.25) is 0 Å². The van der Waals surface area contributed by atoms with E-state index in [-0.39, 0.29) is 0 Å². The molecule has 0 radical (unpaired) electrons. The Morgan fingerprint density at radius 3 is 2.72 bits per heavy atom. The van der Waals surface area contributed by atoms with E-state index in [2.05, 4.69) is 11.9 Å². The van der Waals surface area contributed by atoms with Crippen LogP contribution in [0.15, 0.2) is 36.8 Å². The van der Waals surface area contributed by atoms with Gasteiger partial charge in [-0.25, -0.2) is 4.98 Å². The summed E-state index contributed by atoms with van der Waals surface area (Å²) in [7, 11) is 0. The molecule has 0 saturated carbocycles. The maximum absolute atomic E-state index is 5.55. The van der Waals surface area contributed by atoms with Gasteiger partial charge >= 0.3 is 0 Å². The van der Waals surface area contributed by atoms with Crippen molar-refractivity contribution >= 4 is 0 Å². The molecule has 0 fully saturated rings. The van der Waals surface area contributed by atoms with Crippen LogP contribution in [0, 0.1) is 0 Å². The molecule has 4 heteroatoms. The molecule has 0 aliphatic rings. The molecule has 0 saturated heterocycles. The Hall–Kier alpha value is -1.81. The highest BCUT2D eigenvalue weighted by Crippen LogP contribution is 2.20. The number of imidazole rings is 1. The fraction of sp³-hybridized carbons (Fsp3) is 0.357. The SMILES string of the molecule is CCCOc1ccc(-c2cn(CCN)cn2)cc1. The lowest BCUT2D eigenvalue weighted by Crippen LogP contribution is -2.07. The molecule has 0 aliphatic heterocycles. The summed E-state index contributed by atoms with van der Waals surface area (Å²) >= 11 is 0. The summed E-state index contributed by atoms with van der Waals surface area (Å²) in [5.74, 6) is 0.905. The van der Waals surface area contributed by atoms with Crippen LogP contribution in [0.3, 0.4) is 0 Å². The lowest BCUT2D eigenvalue weighted by molar-refractivity contribution is 0.317. The minimum atomic E-state index is 0.625. The first kappa shape index (κ1) is 12.6. The van der Waals surface area contributed by atoms with Gasteiger partial charge in [-0.2, -0.15) is 0 Å². The van der Waals surface area contributed by atoms with Crippen LogP contribution in [-0.4, -0.2) is 22.7 Å². The zero-order chi connectivity index (χ0) is 12.8. The number of benzene rings is 1. The van der Waals surface area contributed by atoms with Gasteiger partial charge in [-0.3, -0.25) is 0 Å². The fourth-order valence-corrected chi connectivity index (χ4v) is 1.72. The zero-order valence-corrected chi connectivity index (χ0v) is 10.7. The number of nitrogens with two attached hydrogens (primary N) is 1. The molecule has 0 unspecified atom stereocenters. The van der Waals surface area contributed by atoms with Crippen molar-refractivity contribution in [3.05, 3.63) is 36.8 Å². The summed E-state index contributed by atoms with van der Waals surface area (Å²) in [6.07, 6.45) is 4.84. The predicted octanol–water partition coefficient (Wildman–Crippen LogP) is 2.30. The molecule has 1 aromatic heterocycles. The van der Waals surface area contributed by atoms with Crippen molar-refractivity contribution in [3.63, 3.8) is 0 Å². The van der Waals surface area contributed by atoms with Crippen molar-refractivity contribution < 1.29 is 4.74 Å². The number of ether oxygens (including phenoxy) is 1. The van der Waals surface area contributed by atoms with Crippen LogP contribution in [0.25, 0.3) is 11.3 Å². The van der Waals surface area contributed by atoms with Crippen molar-refractivity contribution in [2.45, 2.75) is 19.9 Å². The van der Waals surface area contributed by atoms with Gasteiger partial charge in [-0.05, 0) is 30.7 Å². The summed E-state index contributed by atoms with van der Waals surface area (Å²) in [5.41, 5.74) is 7.57. The van der Waals surface area contributed by atoms with Gasteiger partial charge in [0, 0.05) is 24.8 Å². The van der Waals surface area contributed by atoms with Crippen LogP contribution in [0.5, 0.6) is 5.75 Å². The summed E-state index contributed by atoms with van der Waals surface area (Å²) in [5, 5.41) is 0. The second-order valence-corrected chi connectivity index (χ2v) is 4.16. The first-order valence-electron chi connectivity index (χ1n) is 6.28. The molecule has 0 atom stereocenters. The monoisotopic (exact) mass is 245 g/mol. The molecule has 0 bridgehead atoms. The molecular formula is C14H19N3O. The summed E-state index contributed by atoms with van der Waals surface area (Å²) < 4.78 is 7.54. The minimum absolute atomic E-state index is 0.625. The molecule has 1 aromatic carbocycles. The Labute approximate surface area is 107 Å². The Balaban J connectivity index is 2.07. The van der Waals surface area contributed by atoms with E-state index in [9.17, 15) is 0 Å². The van der Waals surface area contributed by atoms with E-state index in [1.165, 1.54) is 0 Å². The number of nitrogens with zero attached hydrogens (tertiary/aromatic N) is 2. The van der Waals surface area contributed by atoms with Gasteiger partial charge < -0.3 is 15.0 Å². The standard InChI is InChI=1S/C14H19N3O/c1-2-9-18-13-5-3-12(4-6-13)14-10-17(8-7-15)11-16-14/h3-6,10-11H,2,7-9,15H2,1H3. The van der Waals surface area contributed by atoms with Crippen LogP contribution in [0.2, 0.25) is 0 Å². The summed E-state index contributed by atoms with van der Waals surface area (Å²) in [6, 6.07) is 8.01. The smallest absolute Gasteiger partial charge is 0.119 e. The zero-order valence-electron chi connectivity index (χ0n) is 10.7. The van der Waals surface area contributed by atoms with Gasteiger partial charge in [-0.15, -0.1) is 0 Å². The molecule has 2 rings (SSSR count). The fourth-order valence-electron chi connectivity index (χ4n) is 1.72. The van der Waals surface area contributed by atoms with Crippen molar-refractivity contribution in [3.8, 4) is 17.0 Å².